The molecule has 3 nitrogen and oxygen atoms in total. The van der Waals surface area contributed by atoms with Gasteiger partial charge in [0.15, 0.2) is 0 Å². The Morgan fingerprint density at radius 1 is 0.923 bits per heavy atom. The van der Waals surface area contributed by atoms with Crippen LogP contribution in [0.5, 0.6) is 0 Å². The maximum Gasteiger partial charge on any atom is 0.255 e. The Bertz CT molecular complexity index is 916. The molecule has 0 aliphatic carbocycles. The molecule has 3 N–H and O–H groups in total. The maximum absolute atomic E-state index is 13.1. The smallest absolute Gasteiger partial charge is 0.255 e. The number of rotatable bonds is 4. The first-order chi connectivity index (χ1) is 12.4. The molecule has 3 rings (SSSR count). The first kappa shape index (κ1) is 17.7. The van der Waals surface area contributed by atoms with E-state index in [-0.39, 0.29) is 11.7 Å². The van der Waals surface area contributed by atoms with E-state index in [4.69, 9.17) is 5.73 Å². The molecule has 0 unspecified atom stereocenters. The molecule has 0 fully saturated rings. The molecule has 0 heterocycles. The van der Waals surface area contributed by atoms with E-state index in [9.17, 15) is 9.18 Å². The summed E-state index contributed by atoms with van der Waals surface area (Å²) in [5.41, 5.74) is 10.5. The van der Waals surface area contributed by atoms with Crippen LogP contribution in [0, 0.1) is 5.82 Å². The fourth-order valence-electron chi connectivity index (χ4n) is 2.70. The zero-order chi connectivity index (χ0) is 18.7. The van der Waals surface area contributed by atoms with Crippen LogP contribution < -0.4 is 11.1 Å². The zero-order valence-corrected chi connectivity index (χ0v) is 14.8. The molecule has 0 spiro atoms. The molecule has 4 heteroatoms. The van der Waals surface area contributed by atoms with Gasteiger partial charge in [0.25, 0.3) is 5.91 Å². The van der Waals surface area contributed by atoms with Gasteiger partial charge in [-0.25, -0.2) is 4.39 Å². The largest absolute Gasteiger partial charge is 0.397 e. The van der Waals surface area contributed by atoms with Crippen molar-refractivity contribution in [3.8, 4) is 11.1 Å². The predicted octanol–water partition coefficient (Wildman–Crippen LogP) is 5.45. The lowest BCUT2D eigenvalue weighted by molar-refractivity contribution is 0.102. The lowest BCUT2D eigenvalue weighted by Gasteiger charge is -2.12. The van der Waals surface area contributed by atoms with Crippen LogP contribution in [-0.2, 0) is 0 Å². The molecule has 0 bridgehead atoms. The number of hydrogen-bond acceptors (Lipinski definition) is 2. The number of nitrogens with two attached hydrogens (primary N) is 1. The van der Waals surface area contributed by atoms with Gasteiger partial charge in [-0.05, 0) is 59.0 Å². The summed E-state index contributed by atoms with van der Waals surface area (Å²) in [7, 11) is 0. The number of halogens is 1. The molecule has 0 saturated carbocycles. The Labute approximate surface area is 152 Å². The van der Waals surface area contributed by atoms with E-state index < -0.39 is 0 Å². The Morgan fingerprint density at radius 3 is 2.15 bits per heavy atom. The van der Waals surface area contributed by atoms with Gasteiger partial charge in [-0.2, -0.15) is 0 Å². The standard InChI is InChI=1S/C22H21FN2O/c1-14(2)15-3-5-17(6-4-15)22(26)25-21-13-18(9-12-20(21)24)16-7-10-19(23)11-8-16/h3-14H,24H2,1-2H3,(H,25,26). The second-order valence-corrected chi connectivity index (χ2v) is 6.54. The van der Waals surface area contributed by atoms with Gasteiger partial charge in [-0.3, -0.25) is 4.79 Å². The second kappa shape index (κ2) is 7.40. The van der Waals surface area contributed by atoms with Gasteiger partial charge >= 0.3 is 0 Å². The molecule has 3 aromatic rings. The van der Waals surface area contributed by atoms with Gasteiger partial charge in [-0.1, -0.05) is 44.2 Å². The molecule has 3 aromatic carbocycles. The van der Waals surface area contributed by atoms with E-state index in [1.807, 2.05) is 30.3 Å². The summed E-state index contributed by atoms with van der Waals surface area (Å²) in [5.74, 6) is -0.0963. The van der Waals surface area contributed by atoms with Crippen LogP contribution in [0.3, 0.4) is 0 Å². The highest BCUT2D eigenvalue weighted by Crippen LogP contribution is 2.28. The number of nitrogens with one attached hydrogen (secondary N) is 1. The normalized spacial score (nSPS) is 10.8. The zero-order valence-electron chi connectivity index (χ0n) is 14.8. The van der Waals surface area contributed by atoms with Crippen molar-refractivity contribution in [3.63, 3.8) is 0 Å². The number of amides is 1. The summed E-state index contributed by atoms with van der Waals surface area (Å²) in [6, 6.07) is 19.1. The number of carbonyl (C=O) groups excluding carboxylic acids is 1. The average molecular weight is 348 g/mol. The lowest BCUT2D eigenvalue weighted by Crippen LogP contribution is -2.13. The molecule has 0 aliphatic rings. The number of nitrogen functional groups attached to an aromatic ring is 1. The third-order valence-corrected chi connectivity index (χ3v) is 4.32. The Balaban J connectivity index is 1.83. The van der Waals surface area contributed by atoms with E-state index in [1.54, 1.807) is 24.3 Å². The fourth-order valence-corrected chi connectivity index (χ4v) is 2.70. The molecule has 26 heavy (non-hydrogen) atoms. The summed E-state index contributed by atoms with van der Waals surface area (Å²) >= 11 is 0. The third kappa shape index (κ3) is 3.91. The Morgan fingerprint density at radius 2 is 1.54 bits per heavy atom. The quantitative estimate of drug-likeness (QED) is 0.616. The van der Waals surface area contributed by atoms with Gasteiger partial charge in [0.1, 0.15) is 5.82 Å². The lowest BCUT2D eigenvalue weighted by atomic mass is 10.0. The summed E-state index contributed by atoms with van der Waals surface area (Å²) < 4.78 is 13.1. The molecule has 0 atom stereocenters. The van der Waals surface area contributed by atoms with E-state index in [2.05, 4.69) is 19.2 Å². The van der Waals surface area contributed by atoms with Crippen molar-refractivity contribution in [3.05, 3.63) is 83.7 Å². The number of hydrogen-bond donors (Lipinski definition) is 2. The van der Waals surface area contributed by atoms with Gasteiger partial charge < -0.3 is 11.1 Å². The monoisotopic (exact) mass is 348 g/mol. The molecule has 132 valence electrons. The molecule has 0 aliphatic heterocycles. The maximum atomic E-state index is 13.1. The SMILES string of the molecule is CC(C)c1ccc(C(=O)Nc2cc(-c3ccc(F)cc3)ccc2N)cc1. The third-order valence-electron chi connectivity index (χ3n) is 4.32. The van der Waals surface area contributed by atoms with Crippen molar-refractivity contribution in [1.29, 1.82) is 0 Å². The van der Waals surface area contributed by atoms with Crippen LogP contribution in [0.1, 0.15) is 35.7 Å². The minimum atomic E-state index is -0.289. The number of benzene rings is 3. The summed E-state index contributed by atoms with van der Waals surface area (Å²) in [6.45, 7) is 4.22. The van der Waals surface area contributed by atoms with Crippen LogP contribution in [0.2, 0.25) is 0 Å². The number of anilines is 2. The van der Waals surface area contributed by atoms with E-state index in [0.29, 0.717) is 22.9 Å². The van der Waals surface area contributed by atoms with Crippen LogP contribution >= 0.6 is 0 Å². The van der Waals surface area contributed by atoms with Crippen molar-refractivity contribution >= 4 is 17.3 Å². The Kier molecular flexibility index (Phi) is 5.03. The first-order valence-corrected chi connectivity index (χ1v) is 8.51. The van der Waals surface area contributed by atoms with Crippen molar-refractivity contribution in [2.75, 3.05) is 11.1 Å². The average Bonchev–Trinajstić information content (AvgIpc) is 2.64. The highest BCUT2D eigenvalue weighted by molar-refractivity contribution is 6.06. The van der Waals surface area contributed by atoms with Crippen LogP contribution in [0.25, 0.3) is 11.1 Å². The highest BCUT2D eigenvalue weighted by atomic mass is 19.1. The van der Waals surface area contributed by atoms with Crippen molar-refractivity contribution in [2.24, 2.45) is 0 Å². The first-order valence-electron chi connectivity index (χ1n) is 8.51. The molecule has 0 aromatic heterocycles. The molecule has 0 radical (unpaired) electrons. The summed E-state index contributed by atoms with van der Waals surface area (Å²) in [6.07, 6.45) is 0. The van der Waals surface area contributed by atoms with Gasteiger partial charge in [0.05, 0.1) is 11.4 Å². The van der Waals surface area contributed by atoms with Gasteiger partial charge in [0.2, 0.25) is 0 Å². The second-order valence-electron chi connectivity index (χ2n) is 6.54. The molecular weight excluding hydrogens is 327 g/mol. The van der Waals surface area contributed by atoms with Gasteiger partial charge in [-0.15, -0.1) is 0 Å². The predicted molar refractivity (Wildman–Crippen MR) is 105 cm³/mol. The van der Waals surface area contributed by atoms with Crippen molar-refractivity contribution in [2.45, 2.75) is 19.8 Å². The minimum absolute atomic E-state index is 0.219. The van der Waals surface area contributed by atoms with E-state index in [0.717, 1.165) is 11.1 Å². The van der Waals surface area contributed by atoms with E-state index >= 15 is 0 Å². The molecule has 1 amide bonds. The minimum Gasteiger partial charge on any atom is -0.397 e. The molecule has 0 saturated heterocycles. The van der Waals surface area contributed by atoms with Crippen molar-refractivity contribution in [1.82, 2.24) is 0 Å². The number of carbonyl (C=O) groups is 1. The summed E-state index contributed by atoms with van der Waals surface area (Å²) in [5, 5.41) is 2.86. The van der Waals surface area contributed by atoms with Crippen LogP contribution in [0.15, 0.2) is 66.7 Å². The van der Waals surface area contributed by atoms with Crippen LogP contribution in [-0.4, -0.2) is 5.91 Å². The summed E-state index contributed by atoms with van der Waals surface area (Å²) in [4.78, 5) is 12.5. The van der Waals surface area contributed by atoms with E-state index in [1.165, 1.54) is 17.7 Å². The molecular formula is C22H21FN2O. The van der Waals surface area contributed by atoms with Crippen LogP contribution in [0.4, 0.5) is 15.8 Å². The van der Waals surface area contributed by atoms with Crippen molar-refractivity contribution < 1.29 is 9.18 Å². The van der Waals surface area contributed by atoms with Gasteiger partial charge in [0, 0.05) is 5.56 Å². The topological polar surface area (TPSA) is 55.1 Å². The Hall–Kier alpha value is -3.14. The highest BCUT2D eigenvalue weighted by Gasteiger charge is 2.10. The fraction of sp³-hybridized carbons (Fsp3) is 0.136.